The summed E-state index contributed by atoms with van der Waals surface area (Å²) in [6.07, 6.45) is -0.138. The summed E-state index contributed by atoms with van der Waals surface area (Å²) in [6.45, 7) is 3.32. The van der Waals surface area contributed by atoms with Crippen LogP contribution < -0.4 is 4.72 Å². The molecule has 0 aliphatic carbocycles. The normalized spacial score (nSPS) is 19.2. The quantitative estimate of drug-likeness (QED) is 0.867. The molecule has 3 rings (SSSR count). The number of rotatable bonds is 6. The molecule has 1 atom stereocenters. The van der Waals surface area contributed by atoms with E-state index < -0.39 is 10.0 Å². The lowest BCUT2D eigenvalue weighted by Gasteiger charge is -2.33. The van der Waals surface area contributed by atoms with Crippen molar-refractivity contribution in [2.45, 2.75) is 17.5 Å². The van der Waals surface area contributed by atoms with E-state index in [0.717, 1.165) is 13.1 Å². The number of ether oxygens (including phenoxy) is 1. The third-order valence-corrected chi connectivity index (χ3v) is 5.47. The third-order valence-electron chi connectivity index (χ3n) is 4.03. The minimum atomic E-state index is -3.48. The highest BCUT2D eigenvalue weighted by Crippen LogP contribution is 2.12. The number of hydrogen-bond acceptors (Lipinski definition) is 4. The fourth-order valence-corrected chi connectivity index (χ4v) is 3.86. The lowest BCUT2D eigenvalue weighted by molar-refractivity contribution is -0.0276. The number of nitrogens with zero attached hydrogens (tertiary/aromatic N) is 1. The van der Waals surface area contributed by atoms with Crippen molar-refractivity contribution in [2.24, 2.45) is 0 Å². The fourth-order valence-electron chi connectivity index (χ4n) is 2.77. The minimum Gasteiger partial charge on any atom is -0.374 e. The molecule has 0 radical (unpaired) electrons. The van der Waals surface area contributed by atoms with Crippen LogP contribution in [0.2, 0.25) is 0 Å². The van der Waals surface area contributed by atoms with Crippen molar-refractivity contribution in [3.05, 3.63) is 66.2 Å². The van der Waals surface area contributed by atoms with Gasteiger partial charge in [-0.05, 0) is 17.7 Å². The number of nitrogens with one attached hydrogen (secondary N) is 1. The highest BCUT2D eigenvalue weighted by atomic mass is 32.2. The molecule has 128 valence electrons. The van der Waals surface area contributed by atoms with Crippen LogP contribution in [0.3, 0.4) is 0 Å². The van der Waals surface area contributed by atoms with Crippen molar-refractivity contribution in [2.75, 3.05) is 26.2 Å². The van der Waals surface area contributed by atoms with E-state index in [0.29, 0.717) is 13.2 Å². The van der Waals surface area contributed by atoms with Gasteiger partial charge in [0.15, 0.2) is 0 Å². The summed E-state index contributed by atoms with van der Waals surface area (Å²) in [5.74, 6) is 0. The maximum atomic E-state index is 12.3. The zero-order valence-corrected chi connectivity index (χ0v) is 14.3. The number of benzene rings is 2. The molecule has 0 spiro atoms. The zero-order chi connectivity index (χ0) is 16.8. The summed E-state index contributed by atoms with van der Waals surface area (Å²) in [5, 5.41) is 0. The topological polar surface area (TPSA) is 58.6 Å². The molecule has 5 nitrogen and oxygen atoms in total. The first-order valence-corrected chi connectivity index (χ1v) is 9.54. The first-order chi connectivity index (χ1) is 11.6. The molecule has 0 amide bonds. The molecule has 1 N–H and O–H groups in total. The summed E-state index contributed by atoms with van der Waals surface area (Å²) in [4.78, 5) is 2.57. The van der Waals surface area contributed by atoms with Crippen molar-refractivity contribution in [3.63, 3.8) is 0 Å². The summed E-state index contributed by atoms with van der Waals surface area (Å²) >= 11 is 0. The Morgan fingerprint density at radius 1 is 1.04 bits per heavy atom. The van der Waals surface area contributed by atoms with Crippen molar-refractivity contribution < 1.29 is 13.2 Å². The van der Waals surface area contributed by atoms with Crippen LogP contribution in [0.5, 0.6) is 0 Å². The van der Waals surface area contributed by atoms with Crippen molar-refractivity contribution in [1.82, 2.24) is 9.62 Å². The Balaban J connectivity index is 1.54. The minimum absolute atomic E-state index is 0.138. The summed E-state index contributed by atoms with van der Waals surface area (Å²) in [6, 6.07) is 18.7. The largest absolute Gasteiger partial charge is 0.374 e. The van der Waals surface area contributed by atoms with E-state index in [9.17, 15) is 8.42 Å². The molecule has 1 aliphatic rings. The maximum Gasteiger partial charge on any atom is 0.240 e. The van der Waals surface area contributed by atoms with E-state index in [1.165, 1.54) is 5.56 Å². The number of sulfonamides is 1. The molecule has 24 heavy (non-hydrogen) atoms. The first-order valence-electron chi connectivity index (χ1n) is 8.06. The Bertz CT molecular complexity index is 735. The molecule has 2 aromatic rings. The Labute approximate surface area is 143 Å². The second-order valence-electron chi connectivity index (χ2n) is 5.88. The van der Waals surface area contributed by atoms with Gasteiger partial charge in [-0.15, -0.1) is 0 Å². The molecule has 0 saturated carbocycles. The maximum absolute atomic E-state index is 12.3. The van der Waals surface area contributed by atoms with Gasteiger partial charge < -0.3 is 4.74 Å². The Morgan fingerprint density at radius 3 is 2.42 bits per heavy atom. The molecular weight excluding hydrogens is 324 g/mol. The van der Waals surface area contributed by atoms with Crippen molar-refractivity contribution in [3.8, 4) is 0 Å². The van der Waals surface area contributed by atoms with E-state index >= 15 is 0 Å². The Morgan fingerprint density at radius 2 is 1.71 bits per heavy atom. The fraction of sp³-hybridized carbons (Fsp3) is 0.333. The van der Waals surface area contributed by atoms with Gasteiger partial charge in [0, 0.05) is 26.2 Å². The third kappa shape index (κ3) is 4.64. The van der Waals surface area contributed by atoms with Crippen LogP contribution in [0.25, 0.3) is 0 Å². The van der Waals surface area contributed by atoms with Gasteiger partial charge in [0.25, 0.3) is 0 Å². The van der Waals surface area contributed by atoms with E-state index in [2.05, 4.69) is 21.8 Å². The SMILES string of the molecule is O=S(=O)(NC[C@H]1CN(Cc2ccccc2)CCO1)c1ccccc1. The molecule has 0 bridgehead atoms. The van der Waals surface area contributed by atoms with Crippen LogP contribution in [0.4, 0.5) is 0 Å². The molecule has 1 fully saturated rings. The second-order valence-corrected chi connectivity index (χ2v) is 7.65. The highest BCUT2D eigenvalue weighted by molar-refractivity contribution is 7.89. The average molecular weight is 346 g/mol. The van der Waals surface area contributed by atoms with Crippen LogP contribution >= 0.6 is 0 Å². The van der Waals surface area contributed by atoms with Gasteiger partial charge in [-0.25, -0.2) is 13.1 Å². The molecule has 2 aromatic carbocycles. The Kier molecular flexibility index (Phi) is 5.63. The molecule has 6 heteroatoms. The van der Waals surface area contributed by atoms with E-state index in [4.69, 9.17) is 4.74 Å². The zero-order valence-electron chi connectivity index (χ0n) is 13.5. The van der Waals surface area contributed by atoms with Gasteiger partial charge in [-0.1, -0.05) is 48.5 Å². The Hall–Kier alpha value is -1.73. The van der Waals surface area contributed by atoms with Gasteiger partial charge in [0.2, 0.25) is 10.0 Å². The van der Waals surface area contributed by atoms with E-state index in [1.54, 1.807) is 30.3 Å². The van der Waals surface area contributed by atoms with Crippen LogP contribution in [0.15, 0.2) is 65.6 Å². The molecule has 0 aromatic heterocycles. The van der Waals surface area contributed by atoms with E-state index in [-0.39, 0.29) is 17.5 Å². The molecular formula is C18H22N2O3S. The summed E-state index contributed by atoms with van der Waals surface area (Å²) in [5.41, 5.74) is 1.25. The second kappa shape index (κ2) is 7.90. The predicted octanol–water partition coefficient (Wildman–Crippen LogP) is 1.87. The standard InChI is InChI=1S/C18H22N2O3S/c21-24(22,18-9-5-2-6-10-18)19-13-17-15-20(11-12-23-17)14-16-7-3-1-4-8-16/h1-10,17,19H,11-15H2/t17-/m0/s1. The van der Waals surface area contributed by atoms with Crippen molar-refractivity contribution in [1.29, 1.82) is 0 Å². The van der Waals surface area contributed by atoms with Crippen LogP contribution in [-0.2, 0) is 21.3 Å². The molecule has 0 unspecified atom stereocenters. The summed E-state index contributed by atoms with van der Waals surface area (Å²) < 4.78 is 32.9. The first kappa shape index (κ1) is 17.1. The lowest BCUT2D eigenvalue weighted by Crippen LogP contribution is -2.47. The van der Waals surface area contributed by atoms with Crippen LogP contribution in [0.1, 0.15) is 5.56 Å². The average Bonchev–Trinajstić information content (AvgIpc) is 2.62. The molecule has 1 saturated heterocycles. The number of morpholine rings is 1. The van der Waals surface area contributed by atoms with Crippen molar-refractivity contribution >= 4 is 10.0 Å². The summed E-state index contributed by atoms with van der Waals surface area (Å²) in [7, 11) is -3.48. The molecule has 1 aliphatic heterocycles. The van der Waals surface area contributed by atoms with Gasteiger partial charge in [0.1, 0.15) is 0 Å². The van der Waals surface area contributed by atoms with Gasteiger partial charge in [0.05, 0.1) is 17.6 Å². The molecule has 1 heterocycles. The number of hydrogen-bond donors (Lipinski definition) is 1. The predicted molar refractivity (Wildman–Crippen MR) is 93.1 cm³/mol. The van der Waals surface area contributed by atoms with E-state index in [1.807, 2.05) is 18.2 Å². The smallest absolute Gasteiger partial charge is 0.240 e. The van der Waals surface area contributed by atoms with Gasteiger partial charge in [-0.2, -0.15) is 0 Å². The van der Waals surface area contributed by atoms with Crippen LogP contribution in [0, 0.1) is 0 Å². The van der Waals surface area contributed by atoms with Crippen LogP contribution in [-0.4, -0.2) is 45.7 Å². The van der Waals surface area contributed by atoms with Gasteiger partial charge >= 0.3 is 0 Å². The highest BCUT2D eigenvalue weighted by Gasteiger charge is 2.23. The van der Waals surface area contributed by atoms with Gasteiger partial charge in [-0.3, -0.25) is 4.90 Å². The lowest BCUT2D eigenvalue weighted by atomic mass is 10.2. The monoisotopic (exact) mass is 346 g/mol.